The van der Waals surface area contributed by atoms with Gasteiger partial charge in [0, 0.05) is 22.3 Å². The van der Waals surface area contributed by atoms with E-state index in [4.69, 9.17) is 4.74 Å². The van der Waals surface area contributed by atoms with Crippen molar-refractivity contribution in [3.8, 4) is 5.75 Å². The van der Waals surface area contributed by atoms with E-state index in [2.05, 4.69) is 39.9 Å². The molecule has 1 aromatic carbocycles. The van der Waals surface area contributed by atoms with Crippen molar-refractivity contribution in [1.29, 1.82) is 0 Å². The second-order valence-corrected chi connectivity index (χ2v) is 5.59. The maximum atomic E-state index is 5.16. The highest BCUT2D eigenvalue weighted by Crippen LogP contribution is 2.27. The van der Waals surface area contributed by atoms with Crippen LogP contribution in [-0.4, -0.2) is 12.1 Å². The predicted octanol–water partition coefficient (Wildman–Crippen LogP) is 4.23. The van der Waals surface area contributed by atoms with Gasteiger partial charge in [-0.2, -0.15) is 0 Å². The average molecular weight is 284 g/mol. The molecule has 0 radical (unpaired) electrons. The van der Waals surface area contributed by atoms with Crippen LogP contribution in [-0.2, 0) is 6.54 Å². The highest BCUT2D eigenvalue weighted by Gasteiger charge is 2.05. The number of nitrogens with zero attached hydrogens (tertiary/aromatic N) is 1. The van der Waals surface area contributed by atoms with Crippen LogP contribution in [0, 0.1) is 6.92 Å². The SMILES string of the molecule is COc1ccc(CNc2nc(C)cc3sccc23)cc1. The first kappa shape index (κ1) is 12.9. The zero-order valence-corrected chi connectivity index (χ0v) is 12.3. The Hall–Kier alpha value is -2.07. The zero-order chi connectivity index (χ0) is 13.9. The number of hydrogen-bond donors (Lipinski definition) is 1. The van der Waals surface area contributed by atoms with Crippen molar-refractivity contribution in [2.45, 2.75) is 13.5 Å². The number of anilines is 1. The van der Waals surface area contributed by atoms with Crippen molar-refractivity contribution >= 4 is 27.2 Å². The Labute approximate surface area is 122 Å². The van der Waals surface area contributed by atoms with Crippen LogP contribution in [0.15, 0.2) is 41.8 Å². The number of nitrogens with one attached hydrogen (secondary N) is 1. The standard InChI is InChI=1S/C16H16N2OS/c1-11-9-15-14(7-8-20-15)16(18-11)17-10-12-3-5-13(19-2)6-4-12/h3-9H,10H2,1-2H3,(H,17,18). The highest BCUT2D eigenvalue weighted by atomic mass is 32.1. The molecule has 0 saturated heterocycles. The fourth-order valence-electron chi connectivity index (χ4n) is 2.15. The van der Waals surface area contributed by atoms with Gasteiger partial charge in [-0.15, -0.1) is 11.3 Å². The van der Waals surface area contributed by atoms with Crippen molar-refractivity contribution in [3.05, 3.63) is 53.0 Å². The predicted molar refractivity (Wildman–Crippen MR) is 84.7 cm³/mol. The molecule has 0 spiro atoms. The largest absolute Gasteiger partial charge is 0.497 e. The van der Waals surface area contributed by atoms with Gasteiger partial charge >= 0.3 is 0 Å². The number of thiophene rings is 1. The maximum Gasteiger partial charge on any atom is 0.135 e. The molecule has 1 N–H and O–H groups in total. The number of benzene rings is 1. The molecule has 2 aromatic heterocycles. The molecule has 0 aliphatic heterocycles. The summed E-state index contributed by atoms with van der Waals surface area (Å²) < 4.78 is 6.44. The first-order chi connectivity index (χ1) is 9.76. The van der Waals surface area contributed by atoms with Gasteiger partial charge in [-0.3, -0.25) is 0 Å². The lowest BCUT2D eigenvalue weighted by molar-refractivity contribution is 0.414. The molecule has 2 heterocycles. The third-order valence-electron chi connectivity index (χ3n) is 3.20. The smallest absolute Gasteiger partial charge is 0.135 e. The van der Waals surface area contributed by atoms with E-state index in [1.165, 1.54) is 15.6 Å². The van der Waals surface area contributed by atoms with Gasteiger partial charge in [0.15, 0.2) is 0 Å². The molecule has 3 aromatic rings. The molecule has 0 atom stereocenters. The first-order valence-electron chi connectivity index (χ1n) is 6.48. The van der Waals surface area contributed by atoms with Crippen LogP contribution in [0.5, 0.6) is 5.75 Å². The Kier molecular flexibility index (Phi) is 3.56. The van der Waals surface area contributed by atoms with Crippen molar-refractivity contribution in [3.63, 3.8) is 0 Å². The molecule has 4 heteroatoms. The van der Waals surface area contributed by atoms with E-state index in [1.807, 2.05) is 19.1 Å². The molecule has 3 rings (SSSR count). The summed E-state index contributed by atoms with van der Waals surface area (Å²) in [5.74, 6) is 1.83. The third-order valence-corrected chi connectivity index (χ3v) is 4.06. The first-order valence-corrected chi connectivity index (χ1v) is 7.36. The monoisotopic (exact) mass is 284 g/mol. The maximum absolute atomic E-state index is 5.16. The van der Waals surface area contributed by atoms with Crippen LogP contribution in [0.2, 0.25) is 0 Å². The van der Waals surface area contributed by atoms with Crippen molar-refractivity contribution in [1.82, 2.24) is 4.98 Å². The lowest BCUT2D eigenvalue weighted by Gasteiger charge is -2.09. The summed E-state index contributed by atoms with van der Waals surface area (Å²) >= 11 is 1.75. The van der Waals surface area contributed by atoms with E-state index in [0.717, 1.165) is 23.8 Å². The molecule has 0 fully saturated rings. The van der Waals surface area contributed by atoms with E-state index in [1.54, 1.807) is 18.4 Å². The van der Waals surface area contributed by atoms with Gasteiger partial charge in [-0.25, -0.2) is 4.98 Å². The van der Waals surface area contributed by atoms with E-state index in [0.29, 0.717) is 0 Å². The summed E-state index contributed by atoms with van der Waals surface area (Å²) in [7, 11) is 1.68. The molecular formula is C16H16N2OS. The van der Waals surface area contributed by atoms with Crippen molar-refractivity contribution < 1.29 is 4.74 Å². The van der Waals surface area contributed by atoms with Gasteiger partial charge < -0.3 is 10.1 Å². The minimum Gasteiger partial charge on any atom is -0.497 e. The van der Waals surface area contributed by atoms with E-state index in [9.17, 15) is 0 Å². The molecule has 3 nitrogen and oxygen atoms in total. The van der Waals surface area contributed by atoms with Gasteiger partial charge in [-0.1, -0.05) is 12.1 Å². The molecule has 0 aliphatic carbocycles. The molecular weight excluding hydrogens is 268 g/mol. The van der Waals surface area contributed by atoms with Crippen molar-refractivity contribution in [2.75, 3.05) is 12.4 Å². The summed E-state index contributed by atoms with van der Waals surface area (Å²) in [5.41, 5.74) is 2.25. The molecule has 102 valence electrons. The fourth-order valence-corrected chi connectivity index (χ4v) is 3.03. The zero-order valence-electron chi connectivity index (χ0n) is 11.5. The number of ether oxygens (including phenoxy) is 1. The number of aromatic nitrogens is 1. The van der Waals surface area contributed by atoms with Crippen LogP contribution in [0.1, 0.15) is 11.3 Å². The number of fused-ring (bicyclic) bond motifs is 1. The Bertz CT molecular complexity index is 719. The topological polar surface area (TPSA) is 34.1 Å². The third kappa shape index (κ3) is 2.60. The molecule has 0 saturated carbocycles. The molecule has 0 unspecified atom stereocenters. The summed E-state index contributed by atoms with van der Waals surface area (Å²) in [6, 6.07) is 12.3. The summed E-state index contributed by atoms with van der Waals surface area (Å²) in [6.07, 6.45) is 0. The lowest BCUT2D eigenvalue weighted by atomic mass is 10.2. The van der Waals surface area contributed by atoms with E-state index in [-0.39, 0.29) is 0 Å². The highest BCUT2D eigenvalue weighted by molar-refractivity contribution is 7.17. The van der Waals surface area contributed by atoms with Crippen LogP contribution in [0.25, 0.3) is 10.1 Å². The van der Waals surface area contributed by atoms with Gasteiger partial charge in [0.2, 0.25) is 0 Å². The minimum absolute atomic E-state index is 0.755. The van der Waals surface area contributed by atoms with Crippen LogP contribution in [0.3, 0.4) is 0 Å². The summed E-state index contributed by atoms with van der Waals surface area (Å²) in [6.45, 7) is 2.78. The summed E-state index contributed by atoms with van der Waals surface area (Å²) in [5, 5.41) is 6.71. The number of pyridine rings is 1. The van der Waals surface area contributed by atoms with Crippen molar-refractivity contribution in [2.24, 2.45) is 0 Å². The van der Waals surface area contributed by atoms with Crippen LogP contribution in [0.4, 0.5) is 5.82 Å². The average Bonchev–Trinajstić information content (AvgIpc) is 2.93. The second kappa shape index (κ2) is 5.51. The Balaban J connectivity index is 1.80. The van der Waals surface area contributed by atoms with Gasteiger partial charge in [0.05, 0.1) is 7.11 Å². The Morgan fingerprint density at radius 2 is 2.00 bits per heavy atom. The lowest BCUT2D eigenvalue weighted by Crippen LogP contribution is -2.02. The van der Waals surface area contributed by atoms with Gasteiger partial charge in [0.1, 0.15) is 11.6 Å². The van der Waals surface area contributed by atoms with Gasteiger partial charge in [0.25, 0.3) is 0 Å². The number of rotatable bonds is 4. The number of methoxy groups -OCH3 is 1. The Morgan fingerprint density at radius 1 is 1.20 bits per heavy atom. The molecule has 0 amide bonds. The summed E-state index contributed by atoms with van der Waals surface area (Å²) in [4.78, 5) is 4.59. The minimum atomic E-state index is 0.755. The molecule has 0 aliphatic rings. The van der Waals surface area contributed by atoms with Gasteiger partial charge in [-0.05, 0) is 42.1 Å². The normalized spacial score (nSPS) is 10.7. The van der Waals surface area contributed by atoms with Crippen LogP contribution < -0.4 is 10.1 Å². The quantitative estimate of drug-likeness (QED) is 0.778. The Morgan fingerprint density at radius 3 is 2.75 bits per heavy atom. The number of aryl methyl sites for hydroxylation is 1. The molecule has 20 heavy (non-hydrogen) atoms. The fraction of sp³-hybridized carbons (Fsp3) is 0.188. The van der Waals surface area contributed by atoms with E-state index >= 15 is 0 Å². The number of hydrogen-bond acceptors (Lipinski definition) is 4. The van der Waals surface area contributed by atoms with E-state index < -0.39 is 0 Å². The van der Waals surface area contributed by atoms with Crippen LogP contribution >= 0.6 is 11.3 Å². The second-order valence-electron chi connectivity index (χ2n) is 4.65. The molecule has 0 bridgehead atoms.